The second-order valence-electron chi connectivity index (χ2n) is 4.47. The number of nitrogens with one attached hydrogen (secondary N) is 1. The third-order valence-electron chi connectivity index (χ3n) is 2.68. The molecule has 0 saturated carbocycles. The average Bonchev–Trinajstić information content (AvgIpc) is 2.38. The van der Waals surface area contributed by atoms with Crippen molar-refractivity contribution < 1.29 is 19.8 Å². The molecule has 104 valence electrons. The van der Waals surface area contributed by atoms with E-state index in [-0.39, 0.29) is 25.2 Å². The monoisotopic (exact) mass is 265 g/mol. The van der Waals surface area contributed by atoms with Crippen LogP contribution >= 0.6 is 0 Å². The SMILES string of the molecule is CC(O)CNC(CCC(=O)O)C(=O)c1ccccc1. The van der Waals surface area contributed by atoms with E-state index in [0.717, 1.165) is 0 Å². The van der Waals surface area contributed by atoms with Gasteiger partial charge >= 0.3 is 5.97 Å². The van der Waals surface area contributed by atoms with Crippen LogP contribution in [0.5, 0.6) is 0 Å². The number of hydrogen-bond donors (Lipinski definition) is 3. The van der Waals surface area contributed by atoms with E-state index in [4.69, 9.17) is 5.11 Å². The predicted octanol–water partition coefficient (Wildman–Crippen LogP) is 1.07. The quantitative estimate of drug-likeness (QED) is 0.612. The Morgan fingerprint density at radius 3 is 2.42 bits per heavy atom. The lowest BCUT2D eigenvalue weighted by Crippen LogP contribution is -2.40. The molecule has 2 atom stereocenters. The number of Topliss-reactive ketones (excluding diaryl/α,β-unsaturated/α-hetero) is 1. The summed E-state index contributed by atoms with van der Waals surface area (Å²) < 4.78 is 0. The van der Waals surface area contributed by atoms with E-state index in [2.05, 4.69) is 5.32 Å². The van der Waals surface area contributed by atoms with Crippen molar-refractivity contribution in [3.63, 3.8) is 0 Å². The summed E-state index contributed by atoms with van der Waals surface area (Å²) in [4.78, 5) is 22.8. The number of rotatable bonds is 8. The van der Waals surface area contributed by atoms with Gasteiger partial charge in [-0.1, -0.05) is 30.3 Å². The van der Waals surface area contributed by atoms with Crippen LogP contribution in [0.4, 0.5) is 0 Å². The highest BCUT2D eigenvalue weighted by molar-refractivity contribution is 6.00. The van der Waals surface area contributed by atoms with Gasteiger partial charge in [-0.15, -0.1) is 0 Å². The lowest BCUT2D eigenvalue weighted by Gasteiger charge is -2.18. The highest BCUT2D eigenvalue weighted by Gasteiger charge is 2.20. The van der Waals surface area contributed by atoms with E-state index >= 15 is 0 Å². The summed E-state index contributed by atoms with van der Waals surface area (Å²) in [6, 6.07) is 8.13. The fourth-order valence-electron chi connectivity index (χ4n) is 1.71. The van der Waals surface area contributed by atoms with Crippen LogP contribution in [0.2, 0.25) is 0 Å². The number of hydrogen-bond acceptors (Lipinski definition) is 4. The summed E-state index contributed by atoms with van der Waals surface area (Å²) in [6.45, 7) is 1.86. The molecule has 0 bridgehead atoms. The number of carboxylic acid groups (broad SMARTS) is 1. The van der Waals surface area contributed by atoms with Gasteiger partial charge in [0, 0.05) is 18.5 Å². The van der Waals surface area contributed by atoms with E-state index in [1.165, 1.54) is 0 Å². The molecule has 5 heteroatoms. The molecule has 2 unspecified atom stereocenters. The number of carbonyl (C=O) groups excluding carboxylic acids is 1. The first-order valence-electron chi connectivity index (χ1n) is 6.23. The molecule has 0 radical (unpaired) electrons. The molecule has 0 spiro atoms. The van der Waals surface area contributed by atoms with Crippen molar-refractivity contribution >= 4 is 11.8 Å². The second-order valence-corrected chi connectivity index (χ2v) is 4.47. The Morgan fingerprint density at radius 2 is 1.89 bits per heavy atom. The van der Waals surface area contributed by atoms with Crippen molar-refractivity contribution in [3.8, 4) is 0 Å². The molecule has 0 saturated heterocycles. The lowest BCUT2D eigenvalue weighted by molar-refractivity contribution is -0.137. The average molecular weight is 265 g/mol. The first kappa shape index (κ1) is 15.3. The summed E-state index contributed by atoms with van der Waals surface area (Å²) in [5.74, 6) is -1.09. The molecule has 0 aliphatic carbocycles. The van der Waals surface area contributed by atoms with Gasteiger partial charge in [0.05, 0.1) is 12.1 Å². The number of aliphatic hydroxyl groups excluding tert-OH is 1. The number of ketones is 1. The van der Waals surface area contributed by atoms with Crippen LogP contribution in [0, 0.1) is 0 Å². The molecule has 0 fully saturated rings. The largest absolute Gasteiger partial charge is 0.481 e. The van der Waals surface area contributed by atoms with Crippen molar-refractivity contribution in [2.24, 2.45) is 0 Å². The molecule has 19 heavy (non-hydrogen) atoms. The Labute approximate surface area is 112 Å². The molecular weight excluding hydrogens is 246 g/mol. The summed E-state index contributed by atoms with van der Waals surface area (Å²) >= 11 is 0. The van der Waals surface area contributed by atoms with Gasteiger partial charge in [-0.25, -0.2) is 0 Å². The third kappa shape index (κ3) is 5.63. The molecule has 0 aliphatic rings. The zero-order valence-corrected chi connectivity index (χ0v) is 10.9. The van der Waals surface area contributed by atoms with Crippen molar-refractivity contribution in [3.05, 3.63) is 35.9 Å². The maximum Gasteiger partial charge on any atom is 0.303 e. The Hall–Kier alpha value is -1.72. The Balaban J connectivity index is 2.71. The van der Waals surface area contributed by atoms with Gasteiger partial charge in [-0.2, -0.15) is 0 Å². The van der Waals surface area contributed by atoms with E-state index in [1.54, 1.807) is 31.2 Å². The van der Waals surface area contributed by atoms with Gasteiger partial charge in [0.1, 0.15) is 0 Å². The normalized spacial score (nSPS) is 13.8. The van der Waals surface area contributed by atoms with Gasteiger partial charge in [-0.3, -0.25) is 9.59 Å². The Kier molecular flexibility index (Phi) is 6.18. The minimum Gasteiger partial charge on any atom is -0.481 e. The third-order valence-corrected chi connectivity index (χ3v) is 2.68. The smallest absolute Gasteiger partial charge is 0.303 e. The Bertz CT molecular complexity index is 417. The molecular formula is C14H19NO4. The Morgan fingerprint density at radius 1 is 1.26 bits per heavy atom. The molecule has 0 heterocycles. The van der Waals surface area contributed by atoms with E-state index < -0.39 is 18.1 Å². The summed E-state index contributed by atoms with van der Waals surface area (Å²) in [7, 11) is 0. The van der Waals surface area contributed by atoms with Crippen LogP contribution in [0.25, 0.3) is 0 Å². The van der Waals surface area contributed by atoms with E-state index in [1.807, 2.05) is 6.07 Å². The molecule has 0 aromatic heterocycles. The molecule has 1 aromatic carbocycles. The van der Waals surface area contributed by atoms with Crippen molar-refractivity contribution in [1.29, 1.82) is 0 Å². The number of benzene rings is 1. The van der Waals surface area contributed by atoms with E-state index in [9.17, 15) is 14.7 Å². The molecule has 0 amide bonds. The highest BCUT2D eigenvalue weighted by atomic mass is 16.4. The van der Waals surface area contributed by atoms with Crippen LogP contribution in [-0.4, -0.2) is 40.7 Å². The van der Waals surface area contributed by atoms with Gasteiger partial charge in [0.15, 0.2) is 5.78 Å². The fraction of sp³-hybridized carbons (Fsp3) is 0.429. The van der Waals surface area contributed by atoms with Crippen LogP contribution < -0.4 is 5.32 Å². The molecule has 1 aromatic rings. The number of carboxylic acids is 1. The first-order chi connectivity index (χ1) is 9.00. The van der Waals surface area contributed by atoms with Crippen molar-refractivity contribution in [1.82, 2.24) is 5.32 Å². The second kappa shape index (κ2) is 7.66. The highest BCUT2D eigenvalue weighted by Crippen LogP contribution is 2.08. The predicted molar refractivity (Wildman–Crippen MR) is 71.1 cm³/mol. The van der Waals surface area contributed by atoms with Crippen LogP contribution in [0.3, 0.4) is 0 Å². The zero-order valence-electron chi connectivity index (χ0n) is 10.9. The van der Waals surface area contributed by atoms with Gasteiger partial charge in [0.2, 0.25) is 0 Å². The van der Waals surface area contributed by atoms with Crippen molar-refractivity contribution in [2.45, 2.75) is 31.9 Å². The number of aliphatic hydroxyl groups is 1. The van der Waals surface area contributed by atoms with E-state index in [0.29, 0.717) is 5.56 Å². The lowest BCUT2D eigenvalue weighted by atomic mass is 10.00. The summed E-state index contributed by atoms with van der Waals surface area (Å²) in [6.07, 6.45) is -0.470. The van der Waals surface area contributed by atoms with Crippen LogP contribution in [0.15, 0.2) is 30.3 Å². The first-order valence-corrected chi connectivity index (χ1v) is 6.23. The minimum absolute atomic E-state index is 0.0873. The van der Waals surface area contributed by atoms with Crippen molar-refractivity contribution in [2.75, 3.05) is 6.54 Å². The summed E-state index contributed by atoms with van der Waals surface area (Å²) in [5, 5.41) is 20.9. The van der Waals surface area contributed by atoms with Gasteiger partial charge in [0.25, 0.3) is 0 Å². The van der Waals surface area contributed by atoms with Gasteiger partial charge < -0.3 is 15.5 Å². The van der Waals surface area contributed by atoms with Gasteiger partial charge in [-0.05, 0) is 13.3 Å². The zero-order chi connectivity index (χ0) is 14.3. The number of aliphatic carboxylic acids is 1. The standard InChI is InChI=1S/C14H19NO4/c1-10(16)9-15-12(7-8-13(17)18)14(19)11-5-3-2-4-6-11/h2-6,10,12,15-16H,7-9H2,1H3,(H,17,18). The molecule has 0 aliphatic heterocycles. The number of carbonyl (C=O) groups is 2. The topological polar surface area (TPSA) is 86.6 Å². The minimum atomic E-state index is -0.940. The summed E-state index contributed by atoms with van der Waals surface area (Å²) in [5.41, 5.74) is 0.538. The maximum atomic E-state index is 12.2. The maximum absolute atomic E-state index is 12.2. The van der Waals surface area contributed by atoms with Crippen LogP contribution in [0.1, 0.15) is 30.1 Å². The molecule has 3 N–H and O–H groups in total. The molecule has 1 rings (SSSR count). The van der Waals surface area contributed by atoms with Crippen LogP contribution in [-0.2, 0) is 4.79 Å². The molecule has 5 nitrogen and oxygen atoms in total. The fourth-order valence-corrected chi connectivity index (χ4v) is 1.71.